The lowest BCUT2D eigenvalue weighted by Crippen LogP contribution is -2.41. The molecule has 10 aromatic rings. The van der Waals surface area contributed by atoms with Gasteiger partial charge in [0.2, 0.25) is 0 Å². The fraction of sp³-hybridized carbons (Fsp3) is 0.443. The molecule has 0 spiro atoms. The third kappa shape index (κ3) is 14.2. The van der Waals surface area contributed by atoms with Gasteiger partial charge in [-0.25, -0.2) is 19.6 Å². The molecule has 4 saturated heterocycles. The molecule has 0 bridgehead atoms. The molecule has 96 heavy (non-hydrogen) atoms. The number of aliphatic imine (C=N–C) groups is 1. The minimum Gasteiger partial charge on any atom is -0.452 e. The van der Waals surface area contributed by atoms with Gasteiger partial charge >= 0.3 is 25.6 Å². The number of aromatic nitrogens is 10. The number of rotatable bonds is 15. The van der Waals surface area contributed by atoms with Crippen molar-refractivity contribution < 1.29 is 36.9 Å². The first-order chi connectivity index (χ1) is 46.1. The number of furan rings is 2. The van der Waals surface area contributed by atoms with Crippen LogP contribution in [0.1, 0.15) is 108 Å². The lowest BCUT2D eigenvalue weighted by molar-refractivity contribution is 0.00578. The Bertz CT molecular complexity index is 4570. The van der Waals surface area contributed by atoms with E-state index < -0.39 is 0 Å². The van der Waals surface area contributed by atoms with Crippen LogP contribution in [0.4, 0.5) is 11.6 Å². The second kappa shape index (κ2) is 28.2. The van der Waals surface area contributed by atoms with Gasteiger partial charge in [-0.15, -0.1) is 0 Å². The summed E-state index contributed by atoms with van der Waals surface area (Å²) in [6, 6.07) is 19.4. The minimum atomic E-state index is -0.305. The standard InChI is InChI=1S/C27H28N6O3.C22H21BrN4O3.C11H19BN2O2.C10H16BNO2/c1-3-32-16-19(15-30-32)17-6-8-22-21(13-17)25-26(36-22)24(18-7-9-23(28-2)29-14-18)31-27(34)33(25)11-10-20-5-4-12-35-20;1-24-18-7-4-13(12-25-18)19-21-20(16-11-14(23)5-6-17(16)30-21)27(22(28)26-19)9-8-15-3-2-10-29-15;1-6-14-8-9(7-13-14)12-15-10(2,3)11(4,5)16-12;1-9(2)10(3,4)14-11(13-9)8-5-6-12-7-8/h6-9,13-16,20H,3-5,10-12H2,1-2H3,(H,28,29);4-7,11-12,15H,2-3,8-10H2,1H3,(H,24,25);7-8H,6H2,1-5H3;5,7H,6H2,1-4H3. The largest absolute Gasteiger partial charge is 0.498 e. The van der Waals surface area contributed by atoms with Crippen molar-refractivity contribution in [2.24, 2.45) is 4.99 Å². The predicted octanol–water partition coefficient (Wildman–Crippen LogP) is 12.1. The Morgan fingerprint density at radius 1 is 0.583 bits per heavy atom. The molecule has 2 N–H and O–H groups in total. The summed E-state index contributed by atoms with van der Waals surface area (Å²) in [6.07, 6.45) is 21.0. The Kier molecular flexibility index (Phi) is 19.9. The Morgan fingerprint density at radius 3 is 1.52 bits per heavy atom. The molecule has 4 fully saturated rings. The molecular weight excluding hydrogens is 1280 g/mol. The lowest BCUT2D eigenvalue weighted by atomic mass is 9.79. The number of halogens is 1. The number of anilines is 2. The SMILES string of the molecule is CC1(C)OB(C2=CCN=C2)OC1(C)C.CCn1cc(-c2ccc3oc4c(-c5ccc(NC)nc5)nc(=O)n(CCC5CCCO5)c4c3c2)cn1.CCn1cc(B2OC(C)(C)C(C)(C)O2)cn1.CNc1ccc(-c2nc(=O)n(CCC3CCCO3)c3c2oc2ccc(Br)cc23)cn1. The van der Waals surface area contributed by atoms with E-state index in [-0.39, 0.29) is 60.2 Å². The summed E-state index contributed by atoms with van der Waals surface area (Å²) in [4.78, 5) is 48.3. The monoisotopic (exact) mass is 1370 g/mol. The highest BCUT2D eigenvalue weighted by Gasteiger charge is 2.53. The summed E-state index contributed by atoms with van der Waals surface area (Å²) >= 11 is 3.54. The van der Waals surface area contributed by atoms with Gasteiger partial charge in [0.25, 0.3) is 0 Å². The van der Waals surface area contributed by atoms with E-state index in [1.54, 1.807) is 21.5 Å². The third-order valence-corrected chi connectivity index (χ3v) is 19.6. The Hall–Kier alpha value is -8.10. The molecule has 502 valence electrons. The number of fused-ring (bicyclic) bond motifs is 6. The van der Waals surface area contributed by atoms with E-state index in [9.17, 15) is 9.59 Å². The number of nitrogens with one attached hydrogen (secondary N) is 2. The second-order valence-corrected chi connectivity index (χ2v) is 27.4. The van der Waals surface area contributed by atoms with Crippen molar-refractivity contribution in [2.45, 2.75) is 169 Å². The Morgan fingerprint density at radius 2 is 1.07 bits per heavy atom. The zero-order chi connectivity index (χ0) is 67.7. The van der Waals surface area contributed by atoms with Crippen molar-refractivity contribution in [3.05, 3.63) is 135 Å². The maximum absolute atomic E-state index is 13.4. The summed E-state index contributed by atoms with van der Waals surface area (Å²) in [5, 5.41) is 16.4. The van der Waals surface area contributed by atoms with Crippen LogP contribution in [0.3, 0.4) is 0 Å². The second-order valence-electron chi connectivity index (χ2n) is 26.5. The number of aryl methyl sites for hydroxylation is 4. The van der Waals surface area contributed by atoms with Gasteiger partial charge < -0.3 is 47.6 Å². The van der Waals surface area contributed by atoms with Gasteiger partial charge in [0, 0.05) is 128 Å². The Labute approximate surface area is 566 Å². The van der Waals surface area contributed by atoms with Crippen LogP contribution in [0.15, 0.2) is 137 Å². The lowest BCUT2D eigenvalue weighted by Gasteiger charge is -2.32. The number of ether oxygens (including phenoxy) is 2. The topological polar surface area (TPSA) is 249 Å². The van der Waals surface area contributed by atoms with Gasteiger partial charge in [0.1, 0.15) is 45.2 Å². The summed E-state index contributed by atoms with van der Waals surface area (Å²) in [5.41, 5.74) is 8.95. The zero-order valence-electron chi connectivity index (χ0n) is 56.8. The summed E-state index contributed by atoms with van der Waals surface area (Å²) in [5.74, 6) is 1.48. The summed E-state index contributed by atoms with van der Waals surface area (Å²) in [7, 11) is 3.08. The molecule has 5 aliphatic rings. The average molecular weight is 1370 g/mol. The molecule has 2 aromatic carbocycles. The molecular formula is C70H84B2BrN13O10. The van der Waals surface area contributed by atoms with Crippen LogP contribution in [0, 0.1) is 0 Å². The fourth-order valence-corrected chi connectivity index (χ4v) is 12.4. The average Bonchev–Trinajstić information content (AvgIpc) is 1.57. The molecule has 26 heteroatoms. The molecule has 13 heterocycles. The molecule has 0 aliphatic carbocycles. The van der Waals surface area contributed by atoms with E-state index in [2.05, 4.69) is 137 Å². The quantitative estimate of drug-likeness (QED) is 0.0905. The van der Waals surface area contributed by atoms with Gasteiger partial charge in [-0.3, -0.25) is 23.5 Å². The van der Waals surface area contributed by atoms with E-state index in [1.807, 2.05) is 115 Å². The number of nitrogens with zero attached hydrogens (tertiary/aromatic N) is 11. The van der Waals surface area contributed by atoms with Gasteiger partial charge in [-0.1, -0.05) is 28.1 Å². The maximum Gasteiger partial charge on any atom is 0.498 e. The first kappa shape index (κ1) is 67.9. The third-order valence-electron chi connectivity index (χ3n) is 19.1. The maximum atomic E-state index is 13.4. The van der Waals surface area contributed by atoms with Gasteiger partial charge in [0.05, 0.1) is 47.4 Å². The van der Waals surface area contributed by atoms with E-state index in [1.165, 1.54) is 0 Å². The predicted molar refractivity (Wildman–Crippen MR) is 380 cm³/mol. The first-order valence-corrected chi connectivity index (χ1v) is 33.9. The molecule has 23 nitrogen and oxygen atoms in total. The van der Waals surface area contributed by atoms with E-state index in [0.717, 1.165) is 142 Å². The number of pyridine rings is 2. The molecule has 5 aliphatic heterocycles. The molecule has 0 saturated carbocycles. The van der Waals surface area contributed by atoms with Crippen LogP contribution in [0.2, 0.25) is 0 Å². The highest BCUT2D eigenvalue weighted by atomic mass is 79.9. The minimum absolute atomic E-state index is 0.165. The van der Waals surface area contributed by atoms with E-state index in [4.69, 9.17) is 36.9 Å². The van der Waals surface area contributed by atoms with Crippen molar-refractivity contribution >= 4 is 97.6 Å². The molecule has 0 radical (unpaired) electrons. The molecule has 15 rings (SSSR count). The van der Waals surface area contributed by atoms with Crippen LogP contribution >= 0.6 is 15.9 Å². The first-order valence-electron chi connectivity index (χ1n) is 33.1. The van der Waals surface area contributed by atoms with Gasteiger partial charge in [0.15, 0.2) is 11.2 Å². The number of hydrogen-bond acceptors (Lipinski definition) is 19. The normalized spacial score (nSPS) is 19.0. The van der Waals surface area contributed by atoms with Crippen molar-refractivity contribution in [3.8, 4) is 33.6 Å². The zero-order valence-corrected chi connectivity index (χ0v) is 58.4. The van der Waals surface area contributed by atoms with E-state index in [0.29, 0.717) is 46.8 Å². The van der Waals surface area contributed by atoms with Gasteiger partial charge in [-0.05, 0) is 173 Å². The van der Waals surface area contributed by atoms with Crippen molar-refractivity contribution in [1.82, 2.24) is 48.6 Å². The van der Waals surface area contributed by atoms with Gasteiger partial charge in [-0.2, -0.15) is 20.2 Å². The molecule has 8 aromatic heterocycles. The van der Waals surface area contributed by atoms with Crippen LogP contribution in [-0.4, -0.2) is 138 Å². The van der Waals surface area contributed by atoms with Crippen LogP contribution in [-0.2, 0) is 54.3 Å². The van der Waals surface area contributed by atoms with Crippen LogP contribution < -0.4 is 27.5 Å². The summed E-state index contributed by atoms with van der Waals surface area (Å²) in [6.45, 7) is 25.6. The summed E-state index contributed by atoms with van der Waals surface area (Å²) < 4.78 is 55.9. The molecule has 0 amide bonds. The fourth-order valence-electron chi connectivity index (χ4n) is 12.1. The van der Waals surface area contributed by atoms with Crippen molar-refractivity contribution in [2.75, 3.05) is 44.5 Å². The van der Waals surface area contributed by atoms with Crippen molar-refractivity contribution in [1.29, 1.82) is 0 Å². The highest BCUT2D eigenvalue weighted by molar-refractivity contribution is 9.10. The van der Waals surface area contributed by atoms with E-state index >= 15 is 0 Å². The molecule has 2 atom stereocenters. The highest BCUT2D eigenvalue weighted by Crippen LogP contribution is 2.41. The molecule has 2 unspecified atom stereocenters. The smallest absolute Gasteiger partial charge is 0.452 e. The van der Waals surface area contributed by atoms with Crippen LogP contribution in [0.25, 0.3) is 77.8 Å². The number of benzene rings is 2. The Balaban J connectivity index is 0.000000131. The number of allylic oxidation sites excluding steroid dienone is 1. The van der Waals surface area contributed by atoms with Crippen LogP contribution in [0.5, 0.6) is 0 Å². The van der Waals surface area contributed by atoms with Crippen molar-refractivity contribution in [3.63, 3.8) is 0 Å². The number of hydrogen-bond donors (Lipinski definition) is 2.